The van der Waals surface area contributed by atoms with E-state index in [-0.39, 0.29) is 6.04 Å². The van der Waals surface area contributed by atoms with E-state index >= 15 is 0 Å². The lowest BCUT2D eigenvalue weighted by Gasteiger charge is -2.51. The number of rotatable bonds is 3. The Morgan fingerprint density at radius 3 is 2.38 bits per heavy atom. The topological polar surface area (TPSA) is 20.3 Å². The molecule has 0 unspecified atom stereocenters. The molecule has 2 fully saturated rings. The fraction of sp³-hybridized carbons (Fsp3) is 0.929. The van der Waals surface area contributed by atoms with E-state index in [1.165, 1.54) is 12.8 Å². The van der Waals surface area contributed by atoms with Crippen molar-refractivity contribution in [3.05, 3.63) is 0 Å². The molecule has 1 atom stereocenters. The number of Topliss-reactive ketones (excluding diaryl/α,β-unsaturated/α-hetero) is 1. The second-order valence-corrected chi connectivity index (χ2v) is 6.62. The number of carbonyl (C=O) groups is 1. The molecule has 0 radical (unpaired) electrons. The second kappa shape index (κ2) is 3.83. The van der Waals surface area contributed by atoms with Crippen LogP contribution in [-0.4, -0.2) is 29.8 Å². The molecule has 0 aromatic heterocycles. The van der Waals surface area contributed by atoms with Gasteiger partial charge in [0.1, 0.15) is 5.78 Å². The van der Waals surface area contributed by atoms with Gasteiger partial charge in [0.2, 0.25) is 0 Å². The molecule has 1 heterocycles. The maximum Gasteiger partial charge on any atom is 0.149 e. The quantitative estimate of drug-likeness (QED) is 0.733. The molecule has 0 amide bonds. The number of likely N-dealkylation sites (N-methyl/N-ethyl adjacent to an activating group) is 1. The summed E-state index contributed by atoms with van der Waals surface area (Å²) in [5.41, 5.74) is 0.999. The van der Waals surface area contributed by atoms with E-state index < -0.39 is 0 Å². The van der Waals surface area contributed by atoms with Crippen LogP contribution < -0.4 is 0 Å². The highest BCUT2D eigenvalue weighted by Crippen LogP contribution is 2.59. The van der Waals surface area contributed by atoms with Gasteiger partial charge in [-0.05, 0) is 36.6 Å². The van der Waals surface area contributed by atoms with Crippen molar-refractivity contribution < 1.29 is 4.79 Å². The number of hydrogen-bond donors (Lipinski definition) is 0. The highest BCUT2D eigenvalue weighted by molar-refractivity contribution is 5.84. The van der Waals surface area contributed by atoms with E-state index in [0.29, 0.717) is 23.0 Å². The van der Waals surface area contributed by atoms with Crippen molar-refractivity contribution in [3.8, 4) is 0 Å². The summed E-state index contributed by atoms with van der Waals surface area (Å²) in [5.74, 6) is 0.448. The number of nitrogens with zero attached hydrogens (tertiary/aromatic N) is 1. The Bertz CT molecular complexity index is 287. The van der Waals surface area contributed by atoms with Crippen molar-refractivity contribution >= 4 is 5.78 Å². The van der Waals surface area contributed by atoms with Crippen LogP contribution in [0.3, 0.4) is 0 Å². The largest absolute Gasteiger partial charge is 0.298 e. The van der Waals surface area contributed by atoms with Gasteiger partial charge in [-0.15, -0.1) is 0 Å². The van der Waals surface area contributed by atoms with Crippen LogP contribution in [0.2, 0.25) is 0 Å². The lowest BCUT2D eigenvalue weighted by molar-refractivity contribution is -0.123. The summed E-state index contributed by atoms with van der Waals surface area (Å²) >= 11 is 0. The number of carbonyl (C=O) groups excluding carboxylic acids is 1. The summed E-state index contributed by atoms with van der Waals surface area (Å²) in [6.07, 6.45) is 4.44. The van der Waals surface area contributed by atoms with Gasteiger partial charge in [-0.25, -0.2) is 0 Å². The standard InChI is InChI=1S/C14H25NO/c1-5-12(16)11-7-14(10-15(11)6-2)8-13(3,4)9-14/h11H,5-10H2,1-4H3/t11-/m0/s1. The monoisotopic (exact) mass is 223 g/mol. The molecule has 0 N–H and O–H groups in total. The normalized spacial score (nSPS) is 31.6. The first-order valence-electron chi connectivity index (χ1n) is 6.68. The van der Waals surface area contributed by atoms with E-state index in [9.17, 15) is 4.79 Å². The van der Waals surface area contributed by atoms with Gasteiger partial charge < -0.3 is 0 Å². The predicted molar refractivity (Wildman–Crippen MR) is 66.4 cm³/mol. The van der Waals surface area contributed by atoms with Crippen molar-refractivity contribution in [2.45, 2.75) is 59.4 Å². The first kappa shape index (κ1) is 12.1. The third-order valence-corrected chi connectivity index (χ3v) is 4.44. The Balaban J connectivity index is 2.05. The van der Waals surface area contributed by atoms with Crippen molar-refractivity contribution in [1.29, 1.82) is 0 Å². The fourth-order valence-electron chi connectivity index (χ4n) is 4.26. The molecule has 2 aliphatic rings. The molecular weight excluding hydrogens is 198 g/mol. The van der Waals surface area contributed by atoms with E-state index in [0.717, 1.165) is 19.5 Å². The molecule has 1 spiro atoms. The number of likely N-dealkylation sites (tertiary alicyclic amines) is 1. The maximum absolute atomic E-state index is 11.9. The first-order chi connectivity index (χ1) is 7.41. The Labute approximate surface area is 99.4 Å². The predicted octanol–water partition coefficient (Wildman–Crippen LogP) is 2.87. The molecule has 2 rings (SSSR count). The zero-order valence-corrected chi connectivity index (χ0v) is 11.2. The molecule has 2 nitrogen and oxygen atoms in total. The lowest BCUT2D eigenvalue weighted by atomic mass is 9.53. The summed E-state index contributed by atoms with van der Waals surface area (Å²) < 4.78 is 0. The average molecular weight is 223 g/mol. The summed E-state index contributed by atoms with van der Waals surface area (Å²) in [5, 5.41) is 0. The zero-order chi connectivity index (χ0) is 12.0. The van der Waals surface area contributed by atoms with Crippen LogP contribution >= 0.6 is 0 Å². The smallest absolute Gasteiger partial charge is 0.149 e. The van der Waals surface area contributed by atoms with Crippen molar-refractivity contribution in [1.82, 2.24) is 4.90 Å². The summed E-state index contributed by atoms with van der Waals surface area (Å²) in [6, 6.07) is 0.228. The molecular formula is C14H25NO. The Morgan fingerprint density at radius 1 is 1.31 bits per heavy atom. The Hall–Kier alpha value is -0.370. The molecule has 92 valence electrons. The van der Waals surface area contributed by atoms with E-state index in [4.69, 9.17) is 0 Å². The molecule has 0 bridgehead atoms. The number of ketones is 1. The molecule has 0 aromatic carbocycles. The van der Waals surface area contributed by atoms with Crippen molar-refractivity contribution in [2.24, 2.45) is 10.8 Å². The van der Waals surface area contributed by atoms with Crippen LogP contribution in [-0.2, 0) is 4.79 Å². The van der Waals surface area contributed by atoms with Gasteiger partial charge >= 0.3 is 0 Å². The summed E-state index contributed by atoms with van der Waals surface area (Å²) in [6.45, 7) is 11.1. The van der Waals surface area contributed by atoms with E-state index in [2.05, 4.69) is 25.7 Å². The lowest BCUT2D eigenvalue weighted by Crippen LogP contribution is -2.44. The molecule has 1 saturated carbocycles. The van der Waals surface area contributed by atoms with Gasteiger partial charge in [-0.3, -0.25) is 9.69 Å². The minimum atomic E-state index is 0.228. The van der Waals surface area contributed by atoms with Gasteiger partial charge in [-0.2, -0.15) is 0 Å². The molecule has 1 saturated heterocycles. The molecule has 1 aliphatic heterocycles. The average Bonchev–Trinajstić information content (AvgIpc) is 2.54. The third kappa shape index (κ3) is 1.92. The number of hydrogen-bond acceptors (Lipinski definition) is 2. The zero-order valence-electron chi connectivity index (χ0n) is 11.2. The first-order valence-corrected chi connectivity index (χ1v) is 6.68. The Kier molecular flexibility index (Phi) is 2.90. The maximum atomic E-state index is 11.9. The summed E-state index contributed by atoms with van der Waals surface area (Å²) in [7, 11) is 0. The van der Waals surface area contributed by atoms with Gasteiger partial charge in [0.05, 0.1) is 6.04 Å². The van der Waals surface area contributed by atoms with Crippen LogP contribution in [0.4, 0.5) is 0 Å². The molecule has 16 heavy (non-hydrogen) atoms. The highest BCUT2D eigenvalue weighted by atomic mass is 16.1. The van der Waals surface area contributed by atoms with Gasteiger partial charge in [-0.1, -0.05) is 27.7 Å². The molecule has 1 aliphatic carbocycles. The minimum Gasteiger partial charge on any atom is -0.298 e. The van der Waals surface area contributed by atoms with Crippen LogP contribution in [0.5, 0.6) is 0 Å². The third-order valence-electron chi connectivity index (χ3n) is 4.44. The highest BCUT2D eigenvalue weighted by Gasteiger charge is 2.55. The van der Waals surface area contributed by atoms with Gasteiger partial charge in [0, 0.05) is 13.0 Å². The van der Waals surface area contributed by atoms with Crippen LogP contribution in [0.15, 0.2) is 0 Å². The molecule has 2 heteroatoms. The van der Waals surface area contributed by atoms with Gasteiger partial charge in [0.25, 0.3) is 0 Å². The van der Waals surface area contributed by atoms with Crippen LogP contribution in [0.25, 0.3) is 0 Å². The Morgan fingerprint density at radius 2 is 1.94 bits per heavy atom. The minimum absolute atomic E-state index is 0.228. The van der Waals surface area contributed by atoms with Crippen LogP contribution in [0.1, 0.15) is 53.4 Å². The van der Waals surface area contributed by atoms with Gasteiger partial charge in [0.15, 0.2) is 0 Å². The van der Waals surface area contributed by atoms with E-state index in [1.54, 1.807) is 0 Å². The van der Waals surface area contributed by atoms with Crippen LogP contribution in [0, 0.1) is 10.8 Å². The summed E-state index contributed by atoms with van der Waals surface area (Å²) in [4.78, 5) is 14.3. The fourth-order valence-corrected chi connectivity index (χ4v) is 4.26. The second-order valence-electron chi connectivity index (χ2n) is 6.62. The van der Waals surface area contributed by atoms with Crippen molar-refractivity contribution in [3.63, 3.8) is 0 Å². The van der Waals surface area contributed by atoms with Crippen molar-refractivity contribution in [2.75, 3.05) is 13.1 Å². The SMILES string of the molecule is CCC(=O)[C@@H]1CC2(CN1CC)CC(C)(C)C2. The molecule has 0 aromatic rings. The van der Waals surface area contributed by atoms with E-state index in [1.807, 2.05) is 6.92 Å².